The van der Waals surface area contributed by atoms with E-state index in [1.807, 2.05) is 0 Å². The Bertz CT molecular complexity index is 1660. The molecule has 0 aliphatic carbocycles. The van der Waals surface area contributed by atoms with Crippen LogP contribution >= 0.6 is 0 Å². The molecule has 0 fully saturated rings. The molecule has 4 aromatic rings. The van der Waals surface area contributed by atoms with Crippen LogP contribution in [0, 0.1) is 19.7 Å². The number of oxazole rings is 1. The number of benzene rings is 3. The highest BCUT2D eigenvalue weighted by Gasteiger charge is 2.26. The first-order valence-electron chi connectivity index (χ1n) is 10.4. The Hall–Kier alpha value is -4.10. The molecule has 13 heteroatoms. The van der Waals surface area contributed by atoms with E-state index in [2.05, 4.69) is 14.9 Å². The Morgan fingerprint density at radius 1 is 0.750 bits per heavy atom. The zero-order valence-corrected chi connectivity index (χ0v) is 20.7. The number of sulfonamides is 2. The van der Waals surface area contributed by atoms with Gasteiger partial charge < -0.3 is 9.73 Å². The fraction of sp³-hybridized carbons (Fsp3) is 0.0870. The van der Waals surface area contributed by atoms with Crippen molar-refractivity contribution in [2.45, 2.75) is 23.6 Å². The zero-order chi connectivity index (χ0) is 26.1. The van der Waals surface area contributed by atoms with Gasteiger partial charge in [0, 0.05) is 5.69 Å². The minimum Gasteiger partial charge on any atom is -0.387 e. The summed E-state index contributed by atoms with van der Waals surface area (Å²) in [5, 5.41) is 2.70. The summed E-state index contributed by atoms with van der Waals surface area (Å²) in [4.78, 5) is 14.5. The molecule has 0 atom stereocenters. The summed E-state index contributed by atoms with van der Waals surface area (Å²) in [6, 6.07) is 16.6. The van der Waals surface area contributed by atoms with Gasteiger partial charge in [-0.1, -0.05) is 35.4 Å². The molecule has 0 amide bonds. The van der Waals surface area contributed by atoms with Crippen LogP contribution in [0.5, 0.6) is 0 Å². The van der Waals surface area contributed by atoms with Crippen LogP contribution in [-0.4, -0.2) is 21.5 Å². The molecule has 1 heterocycles. The molecule has 0 bridgehead atoms. The summed E-state index contributed by atoms with van der Waals surface area (Å²) >= 11 is 0. The van der Waals surface area contributed by atoms with Gasteiger partial charge in [0.05, 0.1) is 9.79 Å². The Labute approximate surface area is 206 Å². The second kappa shape index (κ2) is 9.51. The third-order valence-electron chi connectivity index (χ3n) is 5.02. The van der Waals surface area contributed by atoms with E-state index >= 15 is 0 Å². The molecular weight excluding hydrogens is 511 g/mol. The van der Waals surface area contributed by atoms with E-state index in [1.165, 1.54) is 36.4 Å². The molecule has 3 N–H and O–H groups in total. The molecule has 0 aliphatic rings. The average molecular weight is 533 g/mol. The predicted octanol–water partition coefficient (Wildman–Crippen LogP) is 3.67. The monoisotopic (exact) mass is 532 g/mol. The molecule has 1 aromatic heterocycles. The van der Waals surface area contributed by atoms with Gasteiger partial charge in [0.1, 0.15) is 5.82 Å². The number of hydrogen-bond acceptors (Lipinski definition) is 7. The van der Waals surface area contributed by atoms with Crippen LogP contribution in [0.15, 0.2) is 91.8 Å². The Morgan fingerprint density at radius 2 is 1.25 bits per heavy atom. The summed E-state index contributed by atoms with van der Waals surface area (Å²) in [7, 11) is -8.51. The van der Waals surface area contributed by atoms with Gasteiger partial charge in [0.2, 0.25) is 0 Å². The number of halogens is 1. The molecule has 188 valence electrons. The van der Waals surface area contributed by atoms with Crippen molar-refractivity contribution in [3.05, 3.63) is 100 Å². The van der Waals surface area contributed by atoms with Gasteiger partial charge in [0.15, 0.2) is 5.82 Å². The van der Waals surface area contributed by atoms with Gasteiger partial charge in [-0.25, -0.2) is 27.2 Å². The summed E-state index contributed by atoms with van der Waals surface area (Å²) in [5.41, 5.74) is 1.87. The van der Waals surface area contributed by atoms with Crippen molar-refractivity contribution in [1.29, 1.82) is 0 Å². The first-order valence-corrected chi connectivity index (χ1v) is 13.4. The third-order valence-corrected chi connectivity index (χ3v) is 7.68. The number of anilines is 3. The van der Waals surface area contributed by atoms with E-state index in [4.69, 9.17) is 4.42 Å². The molecule has 36 heavy (non-hydrogen) atoms. The van der Waals surface area contributed by atoms with Crippen LogP contribution in [0.1, 0.15) is 11.1 Å². The highest BCUT2D eigenvalue weighted by Crippen LogP contribution is 2.28. The predicted molar refractivity (Wildman–Crippen MR) is 132 cm³/mol. The van der Waals surface area contributed by atoms with E-state index in [0.29, 0.717) is 4.68 Å². The Kier molecular flexibility index (Phi) is 6.61. The molecular formula is C23H21FN4O6S2. The second-order valence-electron chi connectivity index (χ2n) is 7.84. The molecule has 10 nitrogen and oxygen atoms in total. The van der Waals surface area contributed by atoms with Gasteiger partial charge in [0.25, 0.3) is 25.9 Å². The summed E-state index contributed by atoms with van der Waals surface area (Å²) in [6.45, 7) is 3.56. The standard InChI is InChI=1S/C23H21FN4O6S2/c1-15-3-11-19(12-4-15)35(30,31)26-22-21(25-18-9-7-17(24)8-10-18)28(23(29)34-22)27-36(32,33)20-13-5-16(2)6-14-20/h3-14,25-27H,1-2H3. The van der Waals surface area contributed by atoms with Crippen molar-refractivity contribution in [3.63, 3.8) is 0 Å². The lowest BCUT2D eigenvalue weighted by molar-refractivity contribution is 0.510. The topological polar surface area (TPSA) is 140 Å². The molecule has 3 aromatic carbocycles. The lowest BCUT2D eigenvalue weighted by Gasteiger charge is -2.13. The molecule has 0 spiro atoms. The van der Waals surface area contributed by atoms with Crippen molar-refractivity contribution >= 4 is 37.4 Å². The van der Waals surface area contributed by atoms with Crippen LogP contribution in [0.4, 0.5) is 21.8 Å². The minimum absolute atomic E-state index is 0.114. The fourth-order valence-electron chi connectivity index (χ4n) is 3.10. The van der Waals surface area contributed by atoms with E-state index in [-0.39, 0.29) is 21.3 Å². The number of rotatable bonds is 8. The van der Waals surface area contributed by atoms with E-state index in [1.54, 1.807) is 38.1 Å². The van der Waals surface area contributed by atoms with Crippen LogP contribution in [0.2, 0.25) is 0 Å². The minimum atomic E-state index is -4.29. The molecule has 4 rings (SSSR count). The molecule has 0 radical (unpaired) electrons. The zero-order valence-electron chi connectivity index (χ0n) is 19.0. The lowest BCUT2D eigenvalue weighted by atomic mass is 10.2. The summed E-state index contributed by atoms with van der Waals surface area (Å²) in [5.74, 6) is -2.73. The van der Waals surface area contributed by atoms with Gasteiger partial charge in [-0.2, -0.15) is 13.1 Å². The van der Waals surface area contributed by atoms with Gasteiger partial charge in [-0.05, 0) is 62.4 Å². The number of nitrogens with one attached hydrogen (secondary N) is 3. The van der Waals surface area contributed by atoms with Gasteiger partial charge in [-0.3, -0.25) is 0 Å². The van der Waals surface area contributed by atoms with E-state index < -0.39 is 37.5 Å². The molecule has 0 saturated heterocycles. The van der Waals surface area contributed by atoms with Crippen LogP contribution in [0.25, 0.3) is 0 Å². The van der Waals surface area contributed by atoms with Crippen LogP contribution < -0.4 is 20.6 Å². The molecule has 0 aliphatic heterocycles. The third kappa shape index (κ3) is 5.42. The van der Waals surface area contributed by atoms with Crippen LogP contribution in [-0.2, 0) is 20.0 Å². The fourth-order valence-corrected chi connectivity index (χ4v) is 5.10. The quantitative estimate of drug-likeness (QED) is 0.315. The van der Waals surface area contributed by atoms with Gasteiger partial charge in [-0.15, -0.1) is 0 Å². The Balaban J connectivity index is 1.78. The van der Waals surface area contributed by atoms with Crippen molar-refractivity contribution in [2.24, 2.45) is 0 Å². The van der Waals surface area contributed by atoms with Crippen LogP contribution in [0.3, 0.4) is 0 Å². The SMILES string of the molecule is Cc1ccc(S(=O)(=O)Nc2oc(=O)n(NS(=O)(=O)c3ccc(C)cc3)c2Nc2ccc(F)cc2)cc1. The maximum atomic E-state index is 13.4. The highest BCUT2D eigenvalue weighted by molar-refractivity contribution is 7.93. The second-order valence-corrected chi connectivity index (χ2v) is 11.2. The number of nitrogens with zero attached hydrogens (tertiary/aromatic N) is 1. The smallest absolute Gasteiger partial charge is 0.387 e. The average Bonchev–Trinajstić information content (AvgIpc) is 3.08. The largest absolute Gasteiger partial charge is 0.442 e. The highest BCUT2D eigenvalue weighted by atomic mass is 32.2. The van der Waals surface area contributed by atoms with Crippen molar-refractivity contribution in [2.75, 3.05) is 14.9 Å². The maximum Gasteiger partial charge on any atom is 0.442 e. The number of aryl methyl sites for hydroxylation is 2. The van der Waals surface area contributed by atoms with Crippen molar-refractivity contribution < 1.29 is 25.6 Å². The first kappa shape index (κ1) is 25.0. The first-order chi connectivity index (χ1) is 16.9. The lowest BCUT2D eigenvalue weighted by Crippen LogP contribution is -2.31. The maximum absolute atomic E-state index is 13.4. The Morgan fingerprint density at radius 3 is 1.78 bits per heavy atom. The van der Waals surface area contributed by atoms with Crippen molar-refractivity contribution in [1.82, 2.24) is 4.68 Å². The molecule has 0 unspecified atom stereocenters. The van der Waals surface area contributed by atoms with Gasteiger partial charge >= 0.3 is 5.76 Å². The number of hydrogen-bond donors (Lipinski definition) is 3. The molecule has 0 saturated carbocycles. The van der Waals surface area contributed by atoms with E-state index in [0.717, 1.165) is 23.3 Å². The summed E-state index contributed by atoms with van der Waals surface area (Å²) in [6.07, 6.45) is 0. The number of aromatic nitrogens is 1. The van der Waals surface area contributed by atoms with Crippen molar-refractivity contribution in [3.8, 4) is 0 Å². The summed E-state index contributed by atoms with van der Waals surface area (Å²) < 4.78 is 72.8. The van der Waals surface area contributed by atoms with E-state index in [9.17, 15) is 26.0 Å². The normalized spacial score (nSPS) is 11.8.